The van der Waals surface area contributed by atoms with E-state index in [1.54, 1.807) is 19.1 Å². The number of halogens is 1. The molecule has 0 aromatic heterocycles. The largest absolute Gasteiger partial charge is 0.493 e. The summed E-state index contributed by atoms with van der Waals surface area (Å²) in [6.45, 7) is 2.37. The van der Waals surface area contributed by atoms with Crippen LogP contribution in [0.3, 0.4) is 0 Å². The maximum absolute atomic E-state index is 13.1. The van der Waals surface area contributed by atoms with Crippen LogP contribution in [0.1, 0.15) is 23.5 Å². The average Bonchev–Trinajstić information content (AvgIpc) is 2.80. The molecule has 0 bridgehead atoms. The molecule has 2 aliphatic heterocycles. The predicted molar refractivity (Wildman–Crippen MR) is 122 cm³/mol. The Labute approximate surface area is 191 Å². The molecule has 2 aromatic carbocycles. The molecule has 1 unspecified atom stereocenters. The molecule has 0 saturated carbocycles. The summed E-state index contributed by atoms with van der Waals surface area (Å²) in [6, 6.07) is 13.7. The Morgan fingerprint density at radius 3 is 2.68 bits per heavy atom. The second-order valence-electron chi connectivity index (χ2n) is 7.36. The van der Waals surface area contributed by atoms with Gasteiger partial charge in [-0.25, -0.2) is 0 Å². The first-order chi connectivity index (χ1) is 15.0. The quantitative estimate of drug-likeness (QED) is 0.654. The first-order valence-electron chi connectivity index (χ1n) is 9.77. The number of anilines is 1. The van der Waals surface area contributed by atoms with E-state index in [0.29, 0.717) is 34.6 Å². The molecule has 1 atom stereocenters. The van der Waals surface area contributed by atoms with Crippen LogP contribution in [0.25, 0.3) is 0 Å². The fraction of sp³-hybridized carbons (Fsp3) is 0.304. The van der Waals surface area contributed by atoms with E-state index in [4.69, 9.17) is 21.1 Å². The lowest BCUT2D eigenvalue weighted by Crippen LogP contribution is -2.47. The molecule has 6 nitrogen and oxygen atoms in total. The zero-order chi connectivity index (χ0) is 22.1. The number of rotatable bonds is 4. The minimum atomic E-state index is -0.310. The van der Waals surface area contributed by atoms with Crippen LogP contribution in [0.2, 0.25) is 5.02 Å². The molecule has 8 heteroatoms. The Kier molecular flexibility index (Phi) is 6.03. The van der Waals surface area contributed by atoms with Crippen molar-refractivity contribution in [2.24, 2.45) is 0 Å². The van der Waals surface area contributed by atoms with Gasteiger partial charge >= 0.3 is 0 Å². The van der Waals surface area contributed by atoms with Gasteiger partial charge in [-0.3, -0.25) is 9.69 Å². The van der Waals surface area contributed by atoms with Gasteiger partial charge in [0.2, 0.25) is 5.91 Å². The van der Waals surface area contributed by atoms with E-state index >= 15 is 0 Å². The van der Waals surface area contributed by atoms with Crippen molar-refractivity contribution < 1.29 is 14.3 Å². The van der Waals surface area contributed by atoms with Crippen LogP contribution < -0.4 is 14.4 Å². The Morgan fingerprint density at radius 1 is 1.19 bits per heavy atom. The van der Waals surface area contributed by atoms with Crippen LogP contribution in [-0.2, 0) is 4.79 Å². The summed E-state index contributed by atoms with van der Waals surface area (Å²) in [5, 5.41) is 11.4. The molecule has 1 saturated heterocycles. The fourth-order valence-corrected chi connectivity index (χ4v) is 5.34. The summed E-state index contributed by atoms with van der Waals surface area (Å²) in [5.74, 6) is 1.50. The molecular weight excluding hydrogens is 434 g/mol. The van der Waals surface area contributed by atoms with Crippen molar-refractivity contribution in [2.75, 3.05) is 31.7 Å². The van der Waals surface area contributed by atoms with Crippen molar-refractivity contribution in [3.8, 4) is 17.6 Å². The van der Waals surface area contributed by atoms with Gasteiger partial charge in [-0.15, -0.1) is 0 Å². The summed E-state index contributed by atoms with van der Waals surface area (Å²) >= 11 is 7.80. The number of allylic oxidation sites excluding steroid dienone is 1. The second kappa shape index (κ2) is 8.74. The number of hydrogen-bond donors (Lipinski definition) is 0. The minimum absolute atomic E-state index is 0.00864. The van der Waals surface area contributed by atoms with E-state index in [1.165, 1.54) is 11.8 Å². The zero-order valence-corrected chi connectivity index (χ0v) is 19.1. The second-order valence-corrected chi connectivity index (χ2v) is 8.70. The van der Waals surface area contributed by atoms with Crippen molar-refractivity contribution in [3.63, 3.8) is 0 Å². The molecule has 160 valence electrons. The van der Waals surface area contributed by atoms with Gasteiger partial charge in [0, 0.05) is 23.0 Å². The number of fused-ring (bicyclic) bond motifs is 1. The molecular formula is C23H22ClN3O3S. The predicted octanol–water partition coefficient (Wildman–Crippen LogP) is 4.89. The van der Waals surface area contributed by atoms with Crippen LogP contribution in [0.5, 0.6) is 11.5 Å². The molecule has 1 fully saturated rings. The number of carbonyl (C=O) groups is 1. The molecule has 0 radical (unpaired) electrons. The van der Waals surface area contributed by atoms with Gasteiger partial charge in [0.25, 0.3) is 0 Å². The number of nitrogens with zero attached hydrogens (tertiary/aromatic N) is 3. The molecule has 1 amide bonds. The van der Waals surface area contributed by atoms with E-state index in [1.807, 2.05) is 43.3 Å². The standard InChI is InChI=1S/C23H22ClN3O3S/c1-14-18(24)5-4-6-19(14)26-12-27-22(28)10-16(17(11-25)23(27)31-13-26)15-7-8-20(29-2)21(9-15)30-3/h4-9,16H,10,12-13H2,1-3H3. The normalized spacial score (nSPS) is 18.5. The number of amides is 1. The van der Waals surface area contributed by atoms with Crippen molar-refractivity contribution in [1.82, 2.24) is 4.90 Å². The SMILES string of the molecule is COc1ccc(C2CC(=O)N3CN(c4cccc(Cl)c4C)CSC3=C2C#N)cc1OC. The van der Waals surface area contributed by atoms with Gasteiger partial charge in [0.15, 0.2) is 11.5 Å². The van der Waals surface area contributed by atoms with E-state index in [9.17, 15) is 10.1 Å². The molecule has 0 N–H and O–H groups in total. The lowest BCUT2D eigenvalue weighted by Gasteiger charge is -2.42. The number of ether oxygens (including phenoxy) is 2. The van der Waals surface area contributed by atoms with Gasteiger partial charge in [-0.2, -0.15) is 5.26 Å². The molecule has 0 aliphatic carbocycles. The van der Waals surface area contributed by atoms with E-state index in [2.05, 4.69) is 11.0 Å². The highest BCUT2D eigenvalue weighted by molar-refractivity contribution is 8.03. The number of thioether (sulfide) groups is 1. The lowest BCUT2D eigenvalue weighted by atomic mass is 9.86. The average molecular weight is 456 g/mol. The number of carbonyl (C=O) groups excluding carboxylic acids is 1. The van der Waals surface area contributed by atoms with Crippen molar-refractivity contribution in [3.05, 3.63) is 63.1 Å². The highest BCUT2D eigenvalue weighted by Gasteiger charge is 2.38. The summed E-state index contributed by atoms with van der Waals surface area (Å²) < 4.78 is 10.7. The molecule has 2 aromatic rings. The van der Waals surface area contributed by atoms with E-state index < -0.39 is 0 Å². The summed E-state index contributed by atoms with van der Waals surface area (Å²) in [4.78, 5) is 17.0. The van der Waals surface area contributed by atoms with Crippen LogP contribution in [0.15, 0.2) is 47.0 Å². The third-order valence-corrected chi connectivity index (χ3v) is 7.25. The maximum atomic E-state index is 13.1. The molecule has 2 heterocycles. The summed E-state index contributed by atoms with van der Waals surface area (Å²) in [5.41, 5.74) is 3.44. The topological polar surface area (TPSA) is 65.8 Å². The van der Waals surface area contributed by atoms with Crippen LogP contribution in [0.4, 0.5) is 5.69 Å². The van der Waals surface area contributed by atoms with Gasteiger partial charge in [0.05, 0.1) is 43.4 Å². The fourth-order valence-electron chi connectivity index (χ4n) is 4.01. The number of hydrogen-bond acceptors (Lipinski definition) is 6. The van der Waals surface area contributed by atoms with Crippen molar-refractivity contribution >= 4 is 35.0 Å². The minimum Gasteiger partial charge on any atom is -0.493 e. The van der Waals surface area contributed by atoms with Gasteiger partial charge < -0.3 is 14.4 Å². The third kappa shape index (κ3) is 3.82. The Balaban J connectivity index is 1.68. The molecule has 31 heavy (non-hydrogen) atoms. The Morgan fingerprint density at radius 2 is 1.97 bits per heavy atom. The van der Waals surface area contributed by atoms with Crippen molar-refractivity contribution in [2.45, 2.75) is 19.3 Å². The number of benzene rings is 2. The smallest absolute Gasteiger partial charge is 0.229 e. The first-order valence-corrected chi connectivity index (χ1v) is 11.1. The van der Waals surface area contributed by atoms with Gasteiger partial charge in [-0.05, 0) is 42.3 Å². The van der Waals surface area contributed by atoms with Crippen LogP contribution in [0, 0.1) is 18.3 Å². The van der Waals surface area contributed by atoms with E-state index in [-0.39, 0.29) is 18.2 Å². The number of methoxy groups -OCH3 is 2. The summed E-state index contributed by atoms with van der Waals surface area (Å²) in [6.07, 6.45) is 0.227. The monoisotopic (exact) mass is 455 g/mol. The highest BCUT2D eigenvalue weighted by atomic mass is 35.5. The number of nitriles is 1. The molecule has 2 aliphatic rings. The van der Waals surface area contributed by atoms with Crippen LogP contribution in [-0.4, -0.2) is 37.6 Å². The van der Waals surface area contributed by atoms with Gasteiger partial charge in [-0.1, -0.05) is 35.5 Å². The molecule has 4 rings (SSSR count). The molecule has 0 spiro atoms. The first kappa shape index (κ1) is 21.4. The lowest BCUT2D eigenvalue weighted by molar-refractivity contribution is -0.129. The third-order valence-electron chi connectivity index (χ3n) is 5.68. The highest BCUT2D eigenvalue weighted by Crippen LogP contribution is 2.45. The zero-order valence-electron chi connectivity index (χ0n) is 17.5. The maximum Gasteiger partial charge on any atom is 0.229 e. The van der Waals surface area contributed by atoms with Gasteiger partial charge in [0.1, 0.15) is 0 Å². The van der Waals surface area contributed by atoms with Crippen LogP contribution >= 0.6 is 23.4 Å². The Hall–Kier alpha value is -2.82. The summed E-state index contributed by atoms with van der Waals surface area (Å²) in [7, 11) is 3.15. The Bertz CT molecular complexity index is 1110. The van der Waals surface area contributed by atoms with Crippen molar-refractivity contribution in [1.29, 1.82) is 5.26 Å². The van der Waals surface area contributed by atoms with E-state index in [0.717, 1.165) is 21.8 Å².